The molecule has 5 rings (SSSR count). The lowest BCUT2D eigenvalue weighted by Gasteiger charge is -2.54. The van der Waals surface area contributed by atoms with E-state index >= 15 is 0 Å². The lowest BCUT2D eigenvalue weighted by atomic mass is 9.54. The van der Waals surface area contributed by atoms with Crippen molar-refractivity contribution in [2.75, 3.05) is 6.54 Å². The number of amides is 2. The van der Waals surface area contributed by atoms with Crippen molar-refractivity contribution in [3.8, 4) is 0 Å². The summed E-state index contributed by atoms with van der Waals surface area (Å²) in [5, 5.41) is 6.37. The van der Waals surface area contributed by atoms with Crippen LogP contribution in [0.25, 0.3) is 0 Å². The summed E-state index contributed by atoms with van der Waals surface area (Å²) in [4.78, 5) is 12.2. The third kappa shape index (κ3) is 3.39. The fourth-order valence-electron chi connectivity index (χ4n) is 5.50. The Morgan fingerprint density at radius 2 is 1.61 bits per heavy atom. The first-order valence-corrected chi connectivity index (χ1v) is 9.36. The van der Waals surface area contributed by atoms with Crippen LogP contribution in [0, 0.1) is 23.7 Å². The van der Waals surface area contributed by atoms with Crippen LogP contribution in [-0.4, -0.2) is 18.6 Å². The molecule has 0 heterocycles. The van der Waals surface area contributed by atoms with E-state index < -0.39 is 0 Å². The molecule has 0 saturated heterocycles. The molecule has 0 unspecified atom stereocenters. The van der Waals surface area contributed by atoms with Crippen molar-refractivity contribution in [2.24, 2.45) is 23.7 Å². The minimum absolute atomic E-state index is 0.0514. The zero-order valence-corrected chi connectivity index (χ0v) is 13.8. The Kier molecular flexibility index (Phi) is 4.28. The van der Waals surface area contributed by atoms with E-state index in [-0.39, 0.29) is 6.03 Å². The first-order chi connectivity index (χ1) is 11.3. The van der Waals surface area contributed by atoms with E-state index in [1.807, 2.05) is 6.07 Å². The van der Waals surface area contributed by atoms with Gasteiger partial charge in [0.15, 0.2) is 0 Å². The van der Waals surface area contributed by atoms with Gasteiger partial charge in [-0.3, -0.25) is 0 Å². The van der Waals surface area contributed by atoms with Gasteiger partial charge < -0.3 is 10.6 Å². The van der Waals surface area contributed by atoms with Crippen LogP contribution in [0.4, 0.5) is 4.79 Å². The van der Waals surface area contributed by atoms with Crippen LogP contribution in [0.1, 0.15) is 44.1 Å². The SMILES string of the molecule is O=C(NCCCc1ccccc1)NC1C2CC3CC(C2)CC1C3. The number of hydrogen-bond donors (Lipinski definition) is 2. The Balaban J connectivity index is 1.20. The molecule has 0 radical (unpaired) electrons. The van der Waals surface area contributed by atoms with E-state index in [1.165, 1.54) is 37.7 Å². The predicted molar refractivity (Wildman–Crippen MR) is 92.1 cm³/mol. The van der Waals surface area contributed by atoms with Gasteiger partial charge in [-0.15, -0.1) is 0 Å². The molecule has 4 bridgehead atoms. The Hall–Kier alpha value is -1.51. The van der Waals surface area contributed by atoms with Gasteiger partial charge >= 0.3 is 6.03 Å². The molecule has 1 aromatic rings. The molecule has 124 valence electrons. The second-order valence-electron chi connectivity index (χ2n) is 7.95. The fourth-order valence-corrected chi connectivity index (χ4v) is 5.50. The minimum Gasteiger partial charge on any atom is -0.338 e. The van der Waals surface area contributed by atoms with Crippen molar-refractivity contribution in [3.05, 3.63) is 35.9 Å². The van der Waals surface area contributed by atoms with Gasteiger partial charge in [0.05, 0.1) is 0 Å². The Morgan fingerprint density at radius 3 is 2.26 bits per heavy atom. The molecule has 1 aromatic carbocycles. The van der Waals surface area contributed by atoms with E-state index in [0.29, 0.717) is 6.04 Å². The number of rotatable bonds is 5. The Morgan fingerprint density at radius 1 is 0.957 bits per heavy atom. The highest BCUT2D eigenvalue weighted by molar-refractivity contribution is 5.74. The molecule has 3 heteroatoms. The van der Waals surface area contributed by atoms with Crippen molar-refractivity contribution in [2.45, 2.75) is 51.0 Å². The molecule has 0 atom stereocenters. The highest BCUT2D eigenvalue weighted by Crippen LogP contribution is 2.53. The van der Waals surface area contributed by atoms with Crippen molar-refractivity contribution in [3.63, 3.8) is 0 Å². The quantitative estimate of drug-likeness (QED) is 0.799. The Labute approximate surface area is 139 Å². The highest BCUT2D eigenvalue weighted by atomic mass is 16.2. The van der Waals surface area contributed by atoms with Gasteiger partial charge in [0.1, 0.15) is 0 Å². The zero-order valence-electron chi connectivity index (χ0n) is 13.8. The number of carbonyl (C=O) groups is 1. The lowest BCUT2D eigenvalue weighted by molar-refractivity contribution is -0.00940. The monoisotopic (exact) mass is 312 g/mol. The minimum atomic E-state index is 0.0514. The first-order valence-electron chi connectivity index (χ1n) is 9.36. The molecule has 4 aliphatic carbocycles. The van der Waals surface area contributed by atoms with Crippen LogP contribution >= 0.6 is 0 Å². The van der Waals surface area contributed by atoms with Gasteiger partial charge in [-0.1, -0.05) is 30.3 Å². The summed E-state index contributed by atoms with van der Waals surface area (Å²) < 4.78 is 0. The summed E-state index contributed by atoms with van der Waals surface area (Å²) in [6, 6.07) is 11.0. The number of carbonyl (C=O) groups excluding carboxylic acids is 1. The summed E-state index contributed by atoms with van der Waals surface area (Å²) in [7, 11) is 0. The molecule has 0 aromatic heterocycles. The summed E-state index contributed by atoms with van der Waals surface area (Å²) in [5.41, 5.74) is 1.34. The molecule has 0 spiro atoms. The third-order valence-corrected chi connectivity index (χ3v) is 6.30. The van der Waals surface area contributed by atoms with Crippen LogP contribution in [0.5, 0.6) is 0 Å². The number of nitrogens with one attached hydrogen (secondary N) is 2. The predicted octanol–water partition coefficient (Wildman–Crippen LogP) is 3.74. The normalized spacial score (nSPS) is 34.3. The molecule has 3 nitrogen and oxygen atoms in total. The smallest absolute Gasteiger partial charge is 0.315 e. The summed E-state index contributed by atoms with van der Waals surface area (Å²) in [6.45, 7) is 0.758. The second-order valence-corrected chi connectivity index (χ2v) is 7.95. The van der Waals surface area contributed by atoms with Gasteiger partial charge in [-0.05, 0) is 74.2 Å². The highest BCUT2D eigenvalue weighted by Gasteiger charge is 2.48. The fraction of sp³-hybridized carbons (Fsp3) is 0.650. The van der Waals surface area contributed by atoms with Crippen LogP contribution in [-0.2, 0) is 6.42 Å². The number of benzene rings is 1. The van der Waals surface area contributed by atoms with E-state index in [1.54, 1.807) is 0 Å². The van der Waals surface area contributed by atoms with Crippen molar-refractivity contribution in [1.82, 2.24) is 10.6 Å². The van der Waals surface area contributed by atoms with Gasteiger partial charge in [-0.25, -0.2) is 4.79 Å². The van der Waals surface area contributed by atoms with Crippen molar-refractivity contribution in [1.29, 1.82) is 0 Å². The largest absolute Gasteiger partial charge is 0.338 e. The standard InChI is InChI=1S/C20H28N2O/c23-20(21-8-4-7-14-5-2-1-3-6-14)22-19-17-10-15-9-16(12-17)13-18(19)11-15/h1-3,5-6,15-19H,4,7-13H2,(H2,21,22,23). The van der Waals surface area contributed by atoms with Gasteiger partial charge in [0.2, 0.25) is 0 Å². The maximum absolute atomic E-state index is 12.2. The van der Waals surface area contributed by atoms with E-state index in [4.69, 9.17) is 0 Å². The molecular formula is C20H28N2O. The van der Waals surface area contributed by atoms with Crippen LogP contribution in [0.2, 0.25) is 0 Å². The van der Waals surface area contributed by atoms with Gasteiger partial charge in [-0.2, -0.15) is 0 Å². The van der Waals surface area contributed by atoms with E-state index in [0.717, 1.165) is 43.1 Å². The maximum atomic E-state index is 12.2. The summed E-state index contributed by atoms with van der Waals surface area (Å²) in [5.74, 6) is 3.43. The molecule has 2 N–H and O–H groups in total. The molecule has 0 aliphatic heterocycles. The average molecular weight is 312 g/mol. The van der Waals surface area contributed by atoms with Crippen molar-refractivity contribution >= 4 is 6.03 Å². The van der Waals surface area contributed by atoms with Gasteiger partial charge in [0.25, 0.3) is 0 Å². The molecular weight excluding hydrogens is 284 g/mol. The summed E-state index contributed by atoms with van der Waals surface area (Å²) in [6.07, 6.45) is 8.90. The average Bonchev–Trinajstić information content (AvgIpc) is 2.55. The second kappa shape index (κ2) is 6.54. The van der Waals surface area contributed by atoms with Gasteiger partial charge in [0, 0.05) is 12.6 Å². The molecule has 4 fully saturated rings. The van der Waals surface area contributed by atoms with Crippen LogP contribution < -0.4 is 10.6 Å². The van der Waals surface area contributed by atoms with Crippen molar-refractivity contribution < 1.29 is 4.79 Å². The Bertz CT molecular complexity index is 514. The van der Waals surface area contributed by atoms with E-state index in [2.05, 4.69) is 34.9 Å². The number of aryl methyl sites for hydroxylation is 1. The lowest BCUT2D eigenvalue weighted by Crippen LogP contribution is -2.57. The molecule has 2 amide bonds. The molecule has 4 aliphatic rings. The topological polar surface area (TPSA) is 41.1 Å². The molecule has 4 saturated carbocycles. The van der Waals surface area contributed by atoms with Crippen LogP contribution in [0.3, 0.4) is 0 Å². The molecule has 23 heavy (non-hydrogen) atoms. The first kappa shape index (κ1) is 15.0. The van der Waals surface area contributed by atoms with Crippen LogP contribution in [0.15, 0.2) is 30.3 Å². The maximum Gasteiger partial charge on any atom is 0.315 e. The number of hydrogen-bond acceptors (Lipinski definition) is 1. The third-order valence-electron chi connectivity index (χ3n) is 6.30. The zero-order chi connectivity index (χ0) is 15.6. The number of urea groups is 1. The van der Waals surface area contributed by atoms with E-state index in [9.17, 15) is 4.79 Å². The summed E-state index contributed by atoms with van der Waals surface area (Å²) >= 11 is 0.